The van der Waals surface area contributed by atoms with Gasteiger partial charge in [0.05, 0.1) is 17.1 Å². The molecular weight excluding hydrogens is 311 g/mol. The monoisotopic (exact) mass is 326 g/mol. The van der Waals surface area contributed by atoms with Crippen molar-refractivity contribution in [2.45, 2.75) is 18.7 Å². The van der Waals surface area contributed by atoms with Gasteiger partial charge >= 0.3 is 0 Å². The number of benzene rings is 1. The third kappa shape index (κ3) is 3.81. The Bertz CT molecular complexity index is 697. The van der Waals surface area contributed by atoms with Crippen molar-refractivity contribution in [3.63, 3.8) is 0 Å². The summed E-state index contributed by atoms with van der Waals surface area (Å²) in [6.45, 7) is 0. The van der Waals surface area contributed by atoms with Gasteiger partial charge < -0.3 is 10.1 Å². The number of hydrogen-bond donors (Lipinski definition) is 2. The lowest BCUT2D eigenvalue weighted by Crippen LogP contribution is -1.95. The van der Waals surface area contributed by atoms with Gasteiger partial charge in [-0.25, -0.2) is 9.37 Å². The van der Waals surface area contributed by atoms with Crippen LogP contribution >= 0.6 is 22.9 Å². The molecule has 2 heterocycles. The van der Waals surface area contributed by atoms with E-state index >= 15 is 0 Å². The predicted octanol–water partition coefficient (Wildman–Crippen LogP) is 3.90. The molecular formula is C15H16ClFN2OS. The van der Waals surface area contributed by atoms with Gasteiger partial charge in [-0.1, -0.05) is 0 Å². The molecule has 0 unspecified atom stereocenters. The zero-order chi connectivity index (χ0) is 15.2. The van der Waals surface area contributed by atoms with Crippen molar-refractivity contribution in [1.82, 2.24) is 9.97 Å². The summed E-state index contributed by atoms with van der Waals surface area (Å²) in [5.74, 6) is 0.243. The highest BCUT2D eigenvalue weighted by Gasteiger charge is 2.08. The summed E-state index contributed by atoms with van der Waals surface area (Å²) in [4.78, 5) is 7.41. The quantitative estimate of drug-likeness (QED) is 0.714. The van der Waals surface area contributed by atoms with Crippen LogP contribution in [0.3, 0.4) is 0 Å². The number of hydrogen-bond acceptors (Lipinski definition) is 3. The molecule has 3 rings (SSSR count). The number of rotatable bonds is 4. The molecule has 0 aliphatic carbocycles. The number of aryl methyl sites for hydroxylation is 2. The first-order chi connectivity index (χ1) is 10.3. The van der Waals surface area contributed by atoms with Gasteiger partial charge in [0.1, 0.15) is 5.82 Å². The lowest BCUT2D eigenvalue weighted by Gasteiger charge is -2.02. The first-order valence-corrected chi connectivity index (χ1v) is 7.92. The molecule has 112 valence electrons. The van der Waals surface area contributed by atoms with Crippen molar-refractivity contribution in [3.05, 3.63) is 51.9 Å². The first-order valence-electron chi connectivity index (χ1n) is 6.44. The van der Waals surface area contributed by atoms with E-state index in [2.05, 4.69) is 9.97 Å². The van der Waals surface area contributed by atoms with Crippen molar-refractivity contribution in [2.75, 3.05) is 7.11 Å². The summed E-state index contributed by atoms with van der Waals surface area (Å²) >= 11 is 7.34. The summed E-state index contributed by atoms with van der Waals surface area (Å²) < 4.78 is 14.0. The van der Waals surface area contributed by atoms with E-state index in [9.17, 15) is 4.39 Å². The Labute approximate surface area is 131 Å². The lowest BCUT2D eigenvalue weighted by atomic mass is 10.1. The maximum absolute atomic E-state index is 14.0. The maximum Gasteiger partial charge on any atom is 0.127 e. The maximum atomic E-state index is 14.0. The van der Waals surface area contributed by atoms with Crippen molar-refractivity contribution in [2.24, 2.45) is 0 Å². The molecule has 2 aromatic heterocycles. The number of aromatic amines is 1. The third-order valence-electron chi connectivity index (χ3n) is 3.12. The number of nitrogens with zero attached hydrogens (tertiary/aromatic N) is 1. The molecule has 0 saturated carbocycles. The van der Waals surface area contributed by atoms with Gasteiger partial charge in [0.2, 0.25) is 0 Å². The summed E-state index contributed by atoms with van der Waals surface area (Å²) in [6.07, 6.45) is 1.41. The number of halogens is 2. The molecule has 1 aromatic carbocycles. The molecule has 3 aromatic rings. The summed E-state index contributed by atoms with van der Waals surface area (Å²) in [7, 11) is 1.00. The number of thiazole rings is 1. The minimum Gasteiger partial charge on any atom is -0.400 e. The highest BCUT2D eigenvalue weighted by atomic mass is 35.5. The van der Waals surface area contributed by atoms with E-state index in [1.54, 1.807) is 22.9 Å². The Hall–Kier alpha value is -1.43. The normalized spacial score (nSPS) is 10.5. The van der Waals surface area contributed by atoms with E-state index in [-0.39, 0.29) is 5.82 Å². The largest absolute Gasteiger partial charge is 0.400 e. The van der Waals surface area contributed by atoms with E-state index in [1.807, 2.05) is 17.5 Å². The van der Waals surface area contributed by atoms with Gasteiger partial charge in [-0.05, 0) is 36.6 Å². The van der Waals surface area contributed by atoms with Crippen molar-refractivity contribution in [3.8, 4) is 0 Å². The Morgan fingerprint density at radius 3 is 2.76 bits per heavy atom. The van der Waals surface area contributed by atoms with Crippen molar-refractivity contribution in [1.29, 1.82) is 0 Å². The number of H-pyrrole nitrogens is 1. The number of aliphatic hydroxyl groups excluding tert-OH is 1. The lowest BCUT2D eigenvalue weighted by molar-refractivity contribution is 0.399. The molecule has 0 bridgehead atoms. The molecule has 0 aliphatic rings. The number of alkyl halides is 1. The van der Waals surface area contributed by atoms with Crippen LogP contribution in [-0.4, -0.2) is 22.2 Å². The number of nitrogens with one attached hydrogen (secondary N) is 1. The Kier molecular flexibility index (Phi) is 5.73. The van der Waals surface area contributed by atoms with E-state index in [1.165, 1.54) is 0 Å². The minimum absolute atomic E-state index is 0.164. The standard InChI is InChI=1S/C14H12ClFN2S.CH4O/c15-6-12-3-10-4-13(16)9(5-14(10)18-12)1-2-11-7-19-8-17-11;1-2/h3-5,7-8,18H,1-2,6H2;2H,1H3. The highest BCUT2D eigenvalue weighted by molar-refractivity contribution is 7.07. The van der Waals surface area contributed by atoms with Crippen LogP contribution in [0.2, 0.25) is 0 Å². The van der Waals surface area contributed by atoms with E-state index < -0.39 is 0 Å². The van der Waals surface area contributed by atoms with Crippen LogP contribution in [0.4, 0.5) is 4.39 Å². The SMILES string of the molecule is CO.Fc1cc2cc(CCl)[nH]c2cc1CCc1cscn1. The molecule has 0 amide bonds. The Morgan fingerprint density at radius 1 is 1.29 bits per heavy atom. The fourth-order valence-corrected chi connectivity index (χ4v) is 2.88. The van der Waals surface area contributed by atoms with Crippen molar-refractivity contribution >= 4 is 33.8 Å². The van der Waals surface area contributed by atoms with Crippen LogP contribution in [0, 0.1) is 5.82 Å². The fourth-order valence-electron chi connectivity index (χ4n) is 2.15. The first kappa shape index (κ1) is 15.9. The average Bonchev–Trinajstić information content (AvgIpc) is 3.15. The van der Waals surface area contributed by atoms with Gasteiger partial charge in [-0.15, -0.1) is 22.9 Å². The van der Waals surface area contributed by atoms with Gasteiger partial charge in [-0.3, -0.25) is 0 Å². The molecule has 0 aliphatic heterocycles. The number of aromatic nitrogens is 2. The molecule has 3 nitrogen and oxygen atoms in total. The van der Waals surface area contributed by atoms with Crippen LogP contribution in [-0.2, 0) is 18.7 Å². The smallest absolute Gasteiger partial charge is 0.127 e. The number of fused-ring (bicyclic) bond motifs is 1. The van der Waals surface area contributed by atoms with Crippen LogP contribution < -0.4 is 0 Å². The molecule has 0 spiro atoms. The second-order valence-electron chi connectivity index (χ2n) is 4.44. The van der Waals surface area contributed by atoms with Crippen LogP contribution in [0.1, 0.15) is 17.0 Å². The van der Waals surface area contributed by atoms with E-state index in [4.69, 9.17) is 16.7 Å². The molecule has 2 N–H and O–H groups in total. The highest BCUT2D eigenvalue weighted by Crippen LogP contribution is 2.22. The third-order valence-corrected chi connectivity index (χ3v) is 4.04. The Balaban J connectivity index is 0.000000774. The van der Waals surface area contributed by atoms with E-state index in [0.29, 0.717) is 17.9 Å². The molecule has 21 heavy (non-hydrogen) atoms. The average molecular weight is 327 g/mol. The van der Waals surface area contributed by atoms with Gasteiger partial charge in [0.15, 0.2) is 0 Å². The summed E-state index contributed by atoms with van der Waals surface area (Å²) in [5, 5.41) is 9.86. The van der Waals surface area contributed by atoms with Gasteiger partial charge in [-0.2, -0.15) is 0 Å². The molecule has 0 fully saturated rings. The molecule has 0 saturated heterocycles. The fraction of sp³-hybridized carbons (Fsp3) is 0.267. The Morgan fingerprint density at radius 2 is 2.10 bits per heavy atom. The van der Waals surface area contributed by atoms with Crippen LogP contribution in [0.15, 0.2) is 29.1 Å². The predicted molar refractivity (Wildman–Crippen MR) is 85.5 cm³/mol. The van der Waals surface area contributed by atoms with Crippen molar-refractivity contribution < 1.29 is 9.50 Å². The molecule has 0 atom stereocenters. The van der Waals surface area contributed by atoms with Crippen LogP contribution in [0.5, 0.6) is 0 Å². The van der Waals surface area contributed by atoms with E-state index in [0.717, 1.165) is 35.8 Å². The topological polar surface area (TPSA) is 48.9 Å². The second-order valence-corrected chi connectivity index (χ2v) is 5.42. The second kappa shape index (κ2) is 7.54. The molecule has 6 heteroatoms. The van der Waals surface area contributed by atoms with Gasteiger partial charge in [0.25, 0.3) is 0 Å². The molecule has 0 radical (unpaired) electrons. The zero-order valence-corrected chi connectivity index (χ0v) is 13.1. The summed E-state index contributed by atoms with van der Waals surface area (Å²) in [5.41, 5.74) is 5.37. The van der Waals surface area contributed by atoms with Crippen LogP contribution in [0.25, 0.3) is 10.9 Å². The number of aliphatic hydroxyl groups is 1. The summed E-state index contributed by atoms with van der Waals surface area (Å²) in [6, 6.07) is 5.32. The minimum atomic E-state index is -0.164. The zero-order valence-electron chi connectivity index (χ0n) is 11.6. The van der Waals surface area contributed by atoms with Gasteiger partial charge in [0, 0.05) is 29.1 Å².